The molecule has 5 heteroatoms. The highest BCUT2D eigenvalue weighted by Crippen LogP contribution is 2.38. The van der Waals surface area contributed by atoms with Crippen LogP contribution in [0.2, 0.25) is 0 Å². The molecule has 0 amide bonds. The van der Waals surface area contributed by atoms with Gasteiger partial charge in [-0.1, -0.05) is 97.8 Å². The molecule has 8 rings (SSSR count). The minimum atomic E-state index is 0.534. The molecular formula is C45H44N2O3. The normalized spacial score (nSPS) is 13.8. The molecule has 0 saturated carbocycles. The van der Waals surface area contributed by atoms with E-state index in [0.29, 0.717) is 13.2 Å². The summed E-state index contributed by atoms with van der Waals surface area (Å²) >= 11 is 0. The first-order valence-electron chi connectivity index (χ1n) is 18.0. The van der Waals surface area contributed by atoms with Crippen molar-refractivity contribution in [1.29, 1.82) is 0 Å². The van der Waals surface area contributed by atoms with Crippen molar-refractivity contribution in [2.45, 2.75) is 45.4 Å². The Hall–Kier alpha value is -5.26. The topological polar surface area (TPSA) is 35.9 Å². The number of fused-ring (bicyclic) bond motifs is 5. The Labute approximate surface area is 294 Å². The van der Waals surface area contributed by atoms with Crippen molar-refractivity contribution in [2.24, 2.45) is 0 Å². The van der Waals surface area contributed by atoms with Gasteiger partial charge in [-0.3, -0.25) is 4.90 Å². The van der Waals surface area contributed by atoms with Gasteiger partial charge >= 0.3 is 0 Å². The van der Waals surface area contributed by atoms with E-state index in [4.69, 9.17) is 14.2 Å². The minimum Gasteiger partial charge on any atom is -0.492 e. The van der Waals surface area contributed by atoms with Crippen LogP contribution in [0, 0.1) is 0 Å². The quantitative estimate of drug-likeness (QED) is 0.131. The van der Waals surface area contributed by atoms with Gasteiger partial charge < -0.3 is 18.8 Å². The second kappa shape index (κ2) is 15.1. The summed E-state index contributed by atoms with van der Waals surface area (Å²) in [6.07, 6.45) is 5.32. The van der Waals surface area contributed by atoms with Gasteiger partial charge in [-0.25, -0.2) is 0 Å². The van der Waals surface area contributed by atoms with E-state index in [9.17, 15) is 0 Å². The third-order valence-electron chi connectivity index (χ3n) is 9.92. The average Bonchev–Trinajstić information content (AvgIpc) is 3.28. The Bertz CT molecular complexity index is 2170. The van der Waals surface area contributed by atoms with E-state index in [1.165, 1.54) is 71.5 Å². The van der Waals surface area contributed by atoms with Crippen LogP contribution in [0.25, 0.3) is 32.6 Å². The van der Waals surface area contributed by atoms with E-state index in [1.807, 2.05) is 36.4 Å². The second-order valence-corrected chi connectivity index (χ2v) is 13.4. The fraction of sp³-hybridized carbons (Fsp3) is 0.244. The van der Waals surface area contributed by atoms with Gasteiger partial charge in [0, 0.05) is 34.8 Å². The number of hydrogen-bond donors (Lipinski definition) is 0. The molecule has 1 saturated heterocycles. The molecule has 1 aromatic heterocycles. The predicted octanol–water partition coefficient (Wildman–Crippen LogP) is 10.4. The minimum absolute atomic E-state index is 0.534. The average molecular weight is 661 g/mol. The molecule has 1 aliphatic heterocycles. The van der Waals surface area contributed by atoms with Crippen LogP contribution in [-0.4, -0.2) is 35.7 Å². The Kier molecular flexibility index (Phi) is 9.66. The fourth-order valence-electron chi connectivity index (χ4n) is 7.24. The molecule has 5 nitrogen and oxygen atoms in total. The lowest BCUT2D eigenvalue weighted by Gasteiger charge is -2.19. The van der Waals surface area contributed by atoms with Crippen molar-refractivity contribution in [1.82, 2.24) is 9.47 Å². The zero-order valence-corrected chi connectivity index (χ0v) is 28.6. The molecule has 0 bridgehead atoms. The molecular weight excluding hydrogens is 617 g/mol. The van der Waals surface area contributed by atoms with Crippen LogP contribution in [-0.2, 0) is 19.8 Å². The molecule has 1 fully saturated rings. The predicted molar refractivity (Wildman–Crippen MR) is 204 cm³/mol. The van der Waals surface area contributed by atoms with Gasteiger partial charge in [0.1, 0.15) is 37.1 Å². The standard InChI is InChI=1S/C45H44N2O3/c1-2-10-26-46(25-9-1)27-28-48-38-18-15-34(16-19-38)31-47-44-24-21-40(50-33-36-13-7-4-8-14-36)30-43(44)42-22-17-37-29-39(20-23-41(37)45(42)47)49-32-35-11-5-3-6-12-35/h3-8,11-24,29-30H,1-2,9-10,25-28,31-33H2. The van der Waals surface area contributed by atoms with Crippen LogP contribution in [0.1, 0.15) is 42.4 Å². The summed E-state index contributed by atoms with van der Waals surface area (Å²) in [4.78, 5) is 2.55. The first-order chi connectivity index (χ1) is 24.8. The molecule has 1 aliphatic rings. The van der Waals surface area contributed by atoms with Crippen molar-refractivity contribution in [2.75, 3.05) is 26.2 Å². The summed E-state index contributed by atoms with van der Waals surface area (Å²) in [6.45, 7) is 5.92. The Balaban J connectivity index is 1.08. The number of benzene rings is 6. The van der Waals surface area contributed by atoms with Gasteiger partial charge in [-0.05, 0) is 96.5 Å². The van der Waals surface area contributed by atoms with E-state index in [0.717, 1.165) is 53.5 Å². The van der Waals surface area contributed by atoms with E-state index in [2.05, 4.69) is 107 Å². The zero-order chi connectivity index (χ0) is 33.5. The molecule has 0 radical (unpaired) electrons. The molecule has 7 aromatic rings. The molecule has 252 valence electrons. The van der Waals surface area contributed by atoms with Crippen molar-refractivity contribution in [3.63, 3.8) is 0 Å². The lowest BCUT2D eigenvalue weighted by molar-refractivity contribution is 0.214. The maximum absolute atomic E-state index is 6.29. The van der Waals surface area contributed by atoms with E-state index in [1.54, 1.807) is 0 Å². The molecule has 0 atom stereocenters. The molecule has 0 unspecified atom stereocenters. The van der Waals surface area contributed by atoms with Gasteiger partial charge in [0.2, 0.25) is 0 Å². The third kappa shape index (κ3) is 7.34. The van der Waals surface area contributed by atoms with Gasteiger partial charge in [0.15, 0.2) is 0 Å². The Morgan fingerprint density at radius 1 is 0.480 bits per heavy atom. The SMILES string of the molecule is c1ccc(COc2ccc3c(ccc4c5cc(OCc6ccccc6)ccc5n(Cc5ccc(OCCN6CCCCCC6)cc5)c34)c2)cc1. The van der Waals surface area contributed by atoms with E-state index in [-0.39, 0.29) is 0 Å². The van der Waals surface area contributed by atoms with E-state index < -0.39 is 0 Å². The third-order valence-corrected chi connectivity index (χ3v) is 9.92. The summed E-state index contributed by atoms with van der Waals surface area (Å²) in [5.41, 5.74) is 5.93. The highest BCUT2D eigenvalue weighted by atomic mass is 16.5. The molecule has 0 aliphatic carbocycles. The van der Waals surface area contributed by atoms with E-state index >= 15 is 0 Å². The molecule has 0 N–H and O–H groups in total. The maximum atomic E-state index is 6.29. The van der Waals surface area contributed by atoms with Crippen molar-refractivity contribution < 1.29 is 14.2 Å². The largest absolute Gasteiger partial charge is 0.492 e. The summed E-state index contributed by atoms with van der Waals surface area (Å²) in [6, 6.07) is 46.7. The highest BCUT2D eigenvalue weighted by Gasteiger charge is 2.16. The second-order valence-electron chi connectivity index (χ2n) is 13.4. The van der Waals surface area contributed by atoms with Crippen molar-refractivity contribution >= 4 is 32.6 Å². The Morgan fingerprint density at radius 3 is 1.80 bits per heavy atom. The van der Waals surface area contributed by atoms with Crippen LogP contribution in [0.5, 0.6) is 17.2 Å². The Morgan fingerprint density at radius 2 is 1.10 bits per heavy atom. The van der Waals surface area contributed by atoms with Crippen LogP contribution < -0.4 is 14.2 Å². The first-order valence-corrected chi connectivity index (χ1v) is 18.0. The maximum Gasteiger partial charge on any atom is 0.120 e. The van der Waals surface area contributed by atoms with Crippen molar-refractivity contribution in [3.05, 3.63) is 150 Å². The zero-order valence-electron chi connectivity index (χ0n) is 28.6. The number of rotatable bonds is 12. The first kappa shape index (κ1) is 32.0. The van der Waals surface area contributed by atoms with Crippen LogP contribution in [0.15, 0.2) is 133 Å². The summed E-state index contributed by atoms with van der Waals surface area (Å²) in [7, 11) is 0. The van der Waals surface area contributed by atoms with Gasteiger partial charge in [0.25, 0.3) is 0 Å². The number of aromatic nitrogens is 1. The number of ether oxygens (including phenoxy) is 3. The van der Waals surface area contributed by atoms with Gasteiger partial charge in [-0.2, -0.15) is 0 Å². The van der Waals surface area contributed by atoms with Crippen molar-refractivity contribution in [3.8, 4) is 17.2 Å². The monoisotopic (exact) mass is 660 g/mol. The van der Waals surface area contributed by atoms with Gasteiger partial charge in [0.05, 0.1) is 5.52 Å². The molecule has 2 heterocycles. The summed E-state index contributed by atoms with van der Waals surface area (Å²) in [5.74, 6) is 2.66. The molecule has 0 spiro atoms. The van der Waals surface area contributed by atoms with Gasteiger partial charge in [-0.15, -0.1) is 0 Å². The van der Waals surface area contributed by atoms with Crippen LogP contribution in [0.4, 0.5) is 0 Å². The number of hydrogen-bond acceptors (Lipinski definition) is 4. The summed E-state index contributed by atoms with van der Waals surface area (Å²) < 4.78 is 21.2. The van der Waals surface area contributed by atoms with Crippen LogP contribution >= 0.6 is 0 Å². The number of likely N-dealkylation sites (tertiary alicyclic amines) is 1. The van der Waals surface area contributed by atoms with Crippen LogP contribution in [0.3, 0.4) is 0 Å². The highest BCUT2D eigenvalue weighted by molar-refractivity contribution is 6.18. The summed E-state index contributed by atoms with van der Waals surface area (Å²) in [5, 5.41) is 4.75. The molecule has 50 heavy (non-hydrogen) atoms. The molecule has 6 aromatic carbocycles. The number of nitrogens with zero attached hydrogens (tertiary/aromatic N) is 2. The lowest BCUT2D eigenvalue weighted by atomic mass is 10.1. The lowest BCUT2D eigenvalue weighted by Crippen LogP contribution is -2.29. The smallest absolute Gasteiger partial charge is 0.120 e. The fourth-order valence-corrected chi connectivity index (χ4v) is 7.24.